The Morgan fingerprint density at radius 1 is 1.18 bits per heavy atom. The minimum absolute atomic E-state index is 0.162. The van der Waals surface area contributed by atoms with Gasteiger partial charge in [0.1, 0.15) is 0 Å². The summed E-state index contributed by atoms with van der Waals surface area (Å²) in [6.45, 7) is 0. The van der Waals surface area contributed by atoms with Crippen molar-refractivity contribution in [2.45, 2.75) is 11.3 Å². The largest absolute Gasteiger partial charge is 0.257 e. The Kier molecular flexibility index (Phi) is 2.04. The molecular weight excluding hydrogens is 238 g/mol. The topological polar surface area (TPSA) is 85.9 Å². The molecule has 0 saturated heterocycles. The van der Waals surface area contributed by atoms with Crippen molar-refractivity contribution in [3.8, 4) is 11.3 Å². The van der Waals surface area contributed by atoms with Crippen molar-refractivity contribution in [1.29, 1.82) is 0 Å². The van der Waals surface area contributed by atoms with E-state index in [0.717, 1.165) is 17.0 Å². The highest BCUT2D eigenvalue weighted by Crippen LogP contribution is 2.36. The van der Waals surface area contributed by atoms with Crippen molar-refractivity contribution < 1.29 is 8.42 Å². The van der Waals surface area contributed by atoms with E-state index < -0.39 is 10.0 Å². The predicted molar refractivity (Wildman–Crippen MR) is 61.6 cm³/mol. The Morgan fingerprint density at radius 3 is 2.71 bits per heavy atom. The molecule has 6 heteroatoms. The van der Waals surface area contributed by atoms with E-state index in [4.69, 9.17) is 5.14 Å². The zero-order valence-corrected chi connectivity index (χ0v) is 9.61. The van der Waals surface area contributed by atoms with Crippen LogP contribution in [0.2, 0.25) is 0 Å². The summed E-state index contributed by atoms with van der Waals surface area (Å²) in [5.41, 5.74) is 3.03. The highest BCUT2D eigenvalue weighted by molar-refractivity contribution is 7.89. The number of hydrogen-bond donors (Lipinski definition) is 1. The van der Waals surface area contributed by atoms with Crippen LogP contribution in [0.1, 0.15) is 11.3 Å². The minimum atomic E-state index is -3.70. The van der Waals surface area contributed by atoms with Gasteiger partial charge in [0.2, 0.25) is 10.0 Å². The number of benzene rings is 1. The van der Waals surface area contributed by atoms with E-state index in [1.807, 2.05) is 6.07 Å². The molecule has 1 aromatic heterocycles. The fraction of sp³-hybridized carbons (Fsp3) is 0.0909. The third-order valence-corrected chi connectivity index (χ3v) is 3.81. The van der Waals surface area contributed by atoms with Gasteiger partial charge in [-0.2, -0.15) is 0 Å². The number of aromatic nitrogens is 2. The molecule has 3 rings (SSSR count). The van der Waals surface area contributed by atoms with Gasteiger partial charge in [-0.15, -0.1) is 0 Å². The van der Waals surface area contributed by atoms with Crippen molar-refractivity contribution in [3.05, 3.63) is 41.9 Å². The van der Waals surface area contributed by atoms with Crippen molar-refractivity contribution >= 4 is 10.0 Å². The molecule has 0 unspecified atom stereocenters. The van der Waals surface area contributed by atoms with E-state index in [-0.39, 0.29) is 4.90 Å². The van der Waals surface area contributed by atoms with Gasteiger partial charge in [-0.25, -0.2) is 13.6 Å². The second kappa shape index (κ2) is 3.35. The fourth-order valence-electron chi connectivity index (χ4n) is 2.13. The van der Waals surface area contributed by atoms with E-state index in [1.54, 1.807) is 18.5 Å². The lowest BCUT2D eigenvalue weighted by atomic mass is 10.1. The van der Waals surface area contributed by atoms with E-state index in [1.165, 1.54) is 6.07 Å². The van der Waals surface area contributed by atoms with Gasteiger partial charge in [-0.1, -0.05) is 12.1 Å². The van der Waals surface area contributed by atoms with Crippen LogP contribution in [-0.4, -0.2) is 18.4 Å². The summed E-state index contributed by atoms with van der Waals surface area (Å²) in [7, 11) is -3.70. The van der Waals surface area contributed by atoms with Gasteiger partial charge in [-0.05, 0) is 11.6 Å². The van der Waals surface area contributed by atoms with Crippen LogP contribution in [0, 0.1) is 0 Å². The van der Waals surface area contributed by atoms with Crippen LogP contribution in [0.3, 0.4) is 0 Å². The van der Waals surface area contributed by atoms with Crippen LogP contribution in [0.4, 0.5) is 0 Å². The summed E-state index contributed by atoms with van der Waals surface area (Å²) in [6, 6.07) is 5.02. The van der Waals surface area contributed by atoms with Crippen LogP contribution >= 0.6 is 0 Å². The summed E-state index contributed by atoms with van der Waals surface area (Å²) in [5.74, 6) is 0. The van der Waals surface area contributed by atoms with Gasteiger partial charge in [0.25, 0.3) is 0 Å². The van der Waals surface area contributed by atoms with Gasteiger partial charge in [0, 0.05) is 24.4 Å². The second-order valence-corrected chi connectivity index (χ2v) is 5.39. The SMILES string of the molecule is NS(=O)(=O)c1cccc2c1Cc1nccnc1-2. The number of sulfonamides is 1. The van der Waals surface area contributed by atoms with Crippen molar-refractivity contribution in [2.75, 3.05) is 0 Å². The van der Waals surface area contributed by atoms with Crippen molar-refractivity contribution in [3.63, 3.8) is 0 Å². The molecule has 86 valence electrons. The third-order valence-electron chi connectivity index (χ3n) is 2.81. The average molecular weight is 247 g/mol. The summed E-state index contributed by atoms with van der Waals surface area (Å²) < 4.78 is 23.0. The van der Waals surface area contributed by atoms with Gasteiger partial charge in [-0.3, -0.25) is 9.97 Å². The summed E-state index contributed by atoms with van der Waals surface area (Å²) >= 11 is 0. The number of rotatable bonds is 1. The smallest absolute Gasteiger partial charge is 0.238 e. The molecule has 0 bridgehead atoms. The Hall–Kier alpha value is -1.79. The first-order valence-electron chi connectivity index (χ1n) is 5.02. The van der Waals surface area contributed by atoms with Crippen LogP contribution in [-0.2, 0) is 16.4 Å². The normalized spacial score (nSPS) is 13.2. The minimum Gasteiger partial charge on any atom is -0.257 e. The lowest BCUT2D eigenvalue weighted by molar-refractivity contribution is 0.597. The molecule has 17 heavy (non-hydrogen) atoms. The molecule has 0 aliphatic heterocycles. The quantitative estimate of drug-likeness (QED) is 0.685. The summed E-state index contributed by atoms with van der Waals surface area (Å²) in [4.78, 5) is 8.59. The number of hydrogen-bond acceptors (Lipinski definition) is 4. The van der Waals surface area contributed by atoms with E-state index in [0.29, 0.717) is 12.0 Å². The molecule has 2 N–H and O–H groups in total. The van der Waals surface area contributed by atoms with E-state index >= 15 is 0 Å². The second-order valence-electron chi connectivity index (χ2n) is 3.86. The molecule has 5 nitrogen and oxygen atoms in total. The van der Waals surface area contributed by atoms with Crippen molar-refractivity contribution in [1.82, 2.24) is 9.97 Å². The zero-order chi connectivity index (χ0) is 12.0. The van der Waals surface area contributed by atoms with E-state index in [9.17, 15) is 8.42 Å². The molecule has 0 atom stereocenters. The zero-order valence-electron chi connectivity index (χ0n) is 8.79. The number of fused-ring (bicyclic) bond motifs is 3. The Balaban J connectivity index is 2.32. The molecule has 0 radical (unpaired) electrons. The van der Waals surface area contributed by atoms with Gasteiger partial charge in [0.15, 0.2) is 0 Å². The fourth-order valence-corrected chi connectivity index (χ4v) is 2.92. The van der Waals surface area contributed by atoms with Crippen molar-refractivity contribution in [2.24, 2.45) is 5.14 Å². The number of primary sulfonamides is 1. The van der Waals surface area contributed by atoms with Crippen LogP contribution in [0.15, 0.2) is 35.5 Å². The summed E-state index contributed by atoms with van der Waals surface area (Å²) in [6.07, 6.45) is 3.66. The number of nitrogens with two attached hydrogens (primary N) is 1. The highest BCUT2D eigenvalue weighted by atomic mass is 32.2. The molecule has 2 aromatic rings. The highest BCUT2D eigenvalue weighted by Gasteiger charge is 2.26. The first-order valence-corrected chi connectivity index (χ1v) is 6.57. The van der Waals surface area contributed by atoms with Crippen LogP contribution in [0.25, 0.3) is 11.3 Å². The molecule has 0 fully saturated rings. The van der Waals surface area contributed by atoms with Crippen LogP contribution in [0.5, 0.6) is 0 Å². The predicted octanol–water partition coefficient (Wildman–Crippen LogP) is 0.695. The monoisotopic (exact) mass is 247 g/mol. The molecule has 1 heterocycles. The third kappa shape index (κ3) is 1.53. The molecule has 0 spiro atoms. The first kappa shape index (κ1) is 10.4. The molecule has 1 aliphatic carbocycles. The average Bonchev–Trinajstić information content (AvgIpc) is 2.65. The van der Waals surface area contributed by atoms with Gasteiger partial charge in [0.05, 0.1) is 16.3 Å². The van der Waals surface area contributed by atoms with Gasteiger partial charge >= 0.3 is 0 Å². The lowest BCUT2D eigenvalue weighted by Gasteiger charge is -2.04. The Labute approximate surface area is 98.4 Å². The molecule has 1 aliphatic rings. The standard InChI is InChI=1S/C11H9N3O2S/c12-17(15,16)10-3-1-2-7-8(10)6-9-11(7)14-5-4-13-9/h1-5H,6H2,(H2,12,15,16). The van der Waals surface area contributed by atoms with E-state index in [2.05, 4.69) is 9.97 Å². The maximum Gasteiger partial charge on any atom is 0.238 e. The Bertz CT molecular complexity index is 710. The maximum atomic E-state index is 11.5. The molecule has 0 amide bonds. The molecule has 0 saturated carbocycles. The van der Waals surface area contributed by atoms with Crippen LogP contribution < -0.4 is 5.14 Å². The Morgan fingerprint density at radius 2 is 1.94 bits per heavy atom. The lowest BCUT2D eigenvalue weighted by Crippen LogP contribution is -2.14. The first-order chi connectivity index (χ1) is 8.07. The molecule has 1 aromatic carbocycles. The van der Waals surface area contributed by atoms with Gasteiger partial charge < -0.3 is 0 Å². The maximum absolute atomic E-state index is 11.5. The molecular formula is C11H9N3O2S. The summed E-state index contributed by atoms with van der Waals surface area (Å²) in [5, 5.41) is 5.20. The number of nitrogens with zero attached hydrogens (tertiary/aromatic N) is 2.